The van der Waals surface area contributed by atoms with Crippen molar-refractivity contribution in [3.63, 3.8) is 0 Å². The highest BCUT2D eigenvalue weighted by Crippen LogP contribution is 2.29. The first-order chi connectivity index (χ1) is 14.0. The zero-order valence-electron chi connectivity index (χ0n) is 15.8. The van der Waals surface area contributed by atoms with Crippen LogP contribution in [0.3, 0.4) is 0 Å². The molecule has 7 heteroatoms. The largest absolute Gasteiger partial charge is 0.488 e. The fourth-order valence-corrected chi connectivity index (χ4v) is 3.55. The molecule has 0 radical (unpaired) electrons. The van der Waals surface area contributed by atoms with Gasteiger partial charge in [0.2, 0.25) is 0 Å². The number of nitrogen functional groups attached to an aromatic ring is 1. The van der Waals surface area contributed by atoms with Crippen LogP contribution in [0.2, 0.25) is 0 Å². The number of fused-ring (bicyclic) bond motifs is 1. The number of carboxylic acid groups (broad SMARTS) is 1. The van der Waals surface area contributed by atoms with Gasteiger partial charge in [-0.3, -0.25) is 10.2 Å². The molecule has 3 aromatic rings. The third-order valence-corrected chi connectivity index (χ3v) is 5.15. The van der Waals surface area contributed by atoms with Gasteiger partial charge in [0.05, 0.1) is 25.4 Å². The number of carboxylic acids is 1. The summed E-state index contributed by atoms with van der Waals surface area (Å²) >= 11 is 0. The lowest BCUT2D eigenvalue weighted by Gasteiger charge is -2.15. The normalized spacial score (nSPS) is 17.3. The summed E-state index contributed by atoms with van der Waals surface area (Å²) in [5, 5.41) is 18.9. The van der Waals surface area contributed by atoms with Gasteiger partial charge in [-0.2, -0.15) is 0 Å². The maximum Gasteiger partial charge on any atom is 0.311 e. The first-order valence-corrected chi connectivity index (χ1v) is 9.43. The SMILES string of the molecule is N=C(N)c1ccc2c(CC(C(=O)O)c3ccc(OC4CCOC4)cc3)occ2c1. The van der Waals surface area contributed by atoms with Crippen LogP contribution in [0.25, 0.3) is 10.8 Å². The molecular weight excluding hydrogens is 372 g/mol. The third kappa shape index (κ3) is 4.09. The predicted octanol–water partition coefficient (Wildman–Crippen LogP) is 3.30. The minimum atomic E-state index is -0.923. The Morgan fingerprint density at radius 2 is 2.07 bits per heavy atom. The summed E-state index contributed by atoms with van der Waals surface area (Å²) in [5.74, 6) is -0.405. The van der Waals surface area contributed by atoms with E-state index in [0.29, 0.717) is 35.9 Å². The summed E-state index contributed by atoms with van der Waals surface area (Å²) in [5.41, 5.74) is 6.81. The second-order valence-electron chi connectivity index (χ2n) is 7.14. The first-order valence-electron chi connectivity index (χ1n) is 9.43. The number of furan rings is 1. The van der Waals surface area contributed by atoms with E-state index in [-0.39, 0.29) is 18.4 Å². The van der Waals surface area contributed by atoms with Crippen LogP contribution in [0.5, 0.6) is 5.75 Å². The maximum absolute atomic E-state index is 11.9. The Kier molecular flexibility index (Phi) is 5.22. The highest BCUT2D eigenvalue weighted by atomic mass is 16.5. The van der Waals surface area contributed by atoms with E-state index >= 15 is 0 Å². The van der Waals surface area contributed by atoms with Crippen LogP contribution in [0, 0.1) is 5.41 Å². The Labute approximate surface area is 167 Å². The molecule has 29 heavy (non-hydrogen) atoms. The molecule has 0 amide bonds. The van der Waals surface area contributed by atoms with Crippen molar-refractivity contribution in [1.29, 1.82) is 5.41 Å². The van der Waals surface area contributed by atoms with Gasteiger partial charge in [0.15, 0.2) is 0 Å². The Morgan fingerprint density at radius 3 is 2.72 bits per heavy atom. The fraction of sp³-hybridized carbons (Fsp3) is 0.273. The first kappa shape index (κ1) is 19.0. The van der Waals surface area contributed by atoms with Gasteiger partial charge in [-0.25, -0.2) is 0 Å². The van der Waals surface area contributed by atoms with E-state index in [1.54, 1.807) is 42.7 Å². The van der Waals surface area contributed by atoms with Crippen LogP contribution in [0.4, 0.5) is 0 Å². The van der Waals surface area contributed by atoms with E-state index in [9.17, 15) is 9.90 Å². The maximum atomic E-state index is 11.9. The quantitative estimate of drug-likeness (QED) is 0.418. The average Bonchev–Trinajstić information content (AvgIpc) is 3.36. The lowest BCUT2D eigenvalue weighted by atomic mass is 9.93. The van der Waals surface area contributed by atoms with Crippen molar-refractivity contribution in [2.75, 3.05) is 13.2 Å². The van der Waals surface area contributed by atoms with Gasteiger partial charge in [-0.15, -0.1) is 0 Å². The standard InChI is InChI=1S/C22H22N2O5/c23-21(24)14-3-6-18-15(9-14)11-28-20(18)10-19(22(25)26)13-1-4-16(5-2-13)29-17-7-8-27-12-17/h1-6,9,11,17,19H,7-8,10,12H2,(H3,23,24)(H,25,26). The van der Waals surface area contributed by atoms with Crippen molar-refractivity contribution >= 4 is 22.6 Å². The van der Waals surface area contributed by atoms with Crippen LogP contribution >= 0.6 is 0 Å². The topological polar surface area (TPSA) is 119 Å². The minimum Gasteiger partial charge on any atom is -0.488 e. The zero-order chi connectivity index (χ0) is 20.4. The molecule has 1 fully saturated rings. The Balaban J connectivity index is 1.54. The molecular formula is C22H22N2O5. The van der Waals surface area contributed by atoms with Crippen LogP contribution < -0.4 is 10.5 Å². The van der Waals surface area contributed by atoms with Gasteiger partial charge in [-0.05, 0) is 23.8 Å². The van der Waals surface area contributed by atoms with Crippen molar-refractivity contribution in [3.8, 4) is 5.75 Å². The molecule has 2 unspecified atom stereocenters. The lowest BCUT2D eigenvalue weighted by molar-refractivity contribution is -0.138. The van der Waals surface area contributed by atoms with Gasteiger partial charge < -0.3 is 24.7 Å². The van der Waals surface area contributed by atoms with Crippen molar-refractivity contribution in [3.05, 3.63) is 65.6 Å². The van der Waals surface area contributed by atoms with Gasteiger partial charge in [0, 0.05) is 29.2 Å². The van der Waals surface area contributed by atoms with E-state index in [1.807, 2.05) is 6.07 Å². The molecule has 1 aliphatic rings. The van der Waals surface area contributed by atoms with E-state index in [0.717, 1.165) is 17.2 Å². The second-order valence-corrected chi connectivity index (χ2v) is 7.14. The van der Waals surface area contributed by atoms with Crippen LogP contribution in [-0.2, 0) is 16.0 Å². The molecule has 0 aliphatic carbocycles. The smallest absolute Gasteiger partial charge is 0.311 e. The lowest BCUT2D eigenvalue weighted by Crippen LogP contribution is -2.16. The zero-order valence-corrected chi connectivity index (χ0v) is 15.8. The van der Waals surface area contributed by atoms with Crippen LogP contribution in [0.1, 0.15) is 29.2 Å². The molecule has 4 rings (SSSR count). The van der Waals surface area contributed by atoms with Gasteiger partial charge in [0.25, 0.3) is 0 Å². The monoisotopic (exact) mass is 394 g/mol. The number of hydrogen-bond donors (Lipinski definition) is 3. The Morgan fingerprint density at radius 1 is 1.28 bits per heavy atom. The third-order valence-electron chi connectivity index (χ3n) is 5.15. The molecule has 7 nitrogen and oxygen atoms in total. The van der Waals surface area contributed by atoms with E-state index < -0.39 is 11.9 Å². The van der Waals surface area contributed by atoms with Crippen molar-refractivity contribution in [2.45, 2.75) is 24.9 Å². The summed E-state index contributed by atoms with van der Waals surface area (Å²) in [7, 11) is 0. The van der Waals surface area contributed by atoms with Gasteiger partial charge in [0.1, 0.15) is 23.4 Å². The summed E-state index contributed by atoms with van der Waals surface area (Å²) in [6, 6.07) is 12.5. The molecule has 2 aromatic carbocycles. The van der Waals surface area contributed by atoms with E-state index in [4.69, 9.17) is 25.0 Å². The van der Waals surface area contributed by atoms with Crippen molar-refractivity contribution in [1.82, 2.24) is 0 Å². The van der Waals surface area contributed by atoms with Crippen LogP contribution in [0.15, 0.2) is 53.1 Å². The van der Waals surface area contributed by atoms with E-state index in [2.05, 4.69) is 0 Å². The molecule has 2 heterocycles. The number of amidine groups is 1. The van der Waals surface area contributed by atoms with Crippen molar-refractivity contribution < 1.29 is 23.8 Å². The summed E-state index contributed by atoms with van der Waals surface area (Å²) in [4.78, 5) is 11.9. The number of benzene rings is 2. The Hall–Kier alpha value is -3.32. The molecule has 1 aliphatic heterocycles. The molecule has 0 spiro atoms. The molecule has 150 valence electrons. The van der Waals surface area contributed by atoms with Crippen LogP contribution in [-0.4, -0.2) is 36.2 Å². The number of aliphatic carboxylic acids is 1. The second kappa shape index (κ2) is 7.97. The molecule has 0 bridgehead atoms. The summed E-state index contributed by atoms with van der Waals surface area (Å²) in [6.45, 7) is 1.28. The summed E-state index contributed by atoms with van der Waals surface area (Å²) < 4.78 is 16.8. The predicted molar refractivity (Wildman–Crippen MR) is 108 cm³/mol. The number of carbonyl (C=O) groups is 1. The molecule has 0 saturated carbocycles. The highest BCUT2D eigenvalue weighted by Gasteiger charge is 2.24. The number of nitrogens with two attached hydrogens (primary N) is 1. The van der Waals surface area contributed by atoms with Gasteiger partial charge in [-0.1, -0.05) is 24.3 Å². The summed E-state index contributed by atoms with van der Waals surface area (Å²) in [6.07, 6.45) is 2.69. The Bertz CT molecular complexity index is 1040. The minimum absolute atomic E-state index is 0.0236. The number of nitrogens with one attached hydrogen (secondary N) is 1. The highest BCUT2D eigenvalue weighted by molar-refractivity contribution is 5.99. The van der Waals surface area contributed by atoms with Gasteiger partial charge >= 0.3 is 5.97 Å². The molecule has 4 N–H and O–H groups in total. The number of hydrogen-bond acceptors (Lipinski definition) is 5. The molecule has 1 aromatic heterocycles. The fourth-order valence-electron chi connectivity index (χ4n) is 3.55. The molecule has 1 saturated heterocycles. The molecule has 2 atom stereocenters. The number of ether oxygens (including phenoxy) is 2. The van der Waals surface area contributed by atoms with Crippen molar-refractivity contribution in [2.24, 2.45) is 5.73 Å². The van der Waals surface area contributed by atoms with E-state index in [1.165, 1.54) is 0 Å². The number of rotatable bonds is 7. The average molecular weight is 394 g/mol.